The van der Waals surface area contributed by atoms with Crippen LogP contribution in [0.3, 0.4) is 0 Å². The molecule has 0 fully saturated rings. The third-order valence-corrected chi connectivity index (χ3v) is 3.54. The van der Waals surface area contributed by atoms with Gasteiger partial charge in [0.1, 0.15) is 17.7 Å². The largest absolute Gasteiger partial charge is 0.354 e. The lowest BCUT2D eigenvalue weighted by atomic mass is 10.0. The molecule has 0 bridgehead atoms. The number of amides is 1. The Kier molecular flexibility index (Phi) is 5.81. The summed E-state index contributed by atoms with van der Waals surface area (Å²) in [5.74, 6) is -0.219. The third kappa shape index (κ3) is 4.48. The van der Waals surface area contributed by atoms with Crippen LogP contribution in [0.25, 0.3) is 0 Å². The van der Waals surface area contributed by atoms with Crippen molar-refractivity contribution in [3.63, 3.8) is 0 Å². The van der Waals surface area contributed by atoms with Gasteiger partial charge in [0.05, 0.1) is 0 Å². The highest BCUT2D eigenvalue weighted by Gasteiger charge is 2.25. The van der Waals surface area contributed by atoms with E-state index in [1.54, 1.807) is 44.1 Å². The number of halogens is 1. The van der Waals surface area contributed by atoms with Crippen molar-refractivity contribution in [2.45, 2.75) is 19.4 Å². The highest BCUT2D eigenvalue weighted by molar-refractivity contribution is 5.83. The lowest BCUT2D eigenvalue weighted by Gasteiger charge is -2.24. The average Bonchev–Trinajstić information content (AvgIpc) is 2.48. The molecule has 2 aromatic rings. The van der Waals surface area contributed by atoms with Crippen LogP contribution in [0.5, 0.6) is 0 Å². The predicted octanol–water partition coefficient (Wildman–Crippen LogP) is 1.18. The number of hydrogen-bond acceptors (Lipinski definition) is 4. The summed E-state index contributed by atoms with van der Waals surface area (Å²) in [6, 6.07) is 6.89. The van der Waals surface area contributed by atoms with Crippen LogP contribution in [0, 0.1) is 12.7 Å². The number of likely N-dealkylation sites (N-methyl/N-ethyl adjacent to an activating group) is 1. The lowest BCUT2D eigenvalue weighted by Crippen LogP contribution is -2.38. The Hall–Kier alpha value is -2.54. The second-order valence-electron chi connectivity index (χ2n) is 5.76. The first kappa shape index (κ1) is 17.8. The Bertz CT molecular complexity index is 773. The van der Waals surface area contributed by atoms with E-state index in [-0.39, 0.29) is 11.5 Å². The van der Waals surface area contributed by atoms with Gasteiger partial charge in [-0.2, -0.15) is 0 Å². The maximum atomic E-state index is 14.0. The summed E-state index contributed by atoms with van der Waals surface area (Å²) in [5, 5.41) is 2.77. The number of rotatable bonds is 6. The molecule has 128 valence electrons. The van der Waals surface area contributed by atoms with Crippen LogP contribution in [-0.2, 0) is 11.2 Å². The van der Waals surface area contributed by atoms with Crippen molar-refractivity contribution in [1.29, 1.82) is 0 Å². The van der Waals surface area contributed by atoms with E-state index in [1.807, 2.05) is 0 Å². The number of nitrogens with one attached hydrogen (secondary N) is 2. The number of H-pyrrole nitrogens is 1. The van der Waals surface area contributed by atoms with E-state index < -0.39 is 11.9 Å². The first-order valence-electron chi connectivity index (χ1n) is 7.64. The van der Waals surface area contributed by atoms with Crippen molar-refractivity contribution in [2.75, 3.05) is 20.6 Å². The molecule has 0 aliphatic rings. The number of aromatic nitrogens is 2. The topological polar surface area (TPSA) is 78.1 Å². The van der Waals surface area contributed by atoms with E-state index in [4.69, 9.17) is 0 Å². The summed E-state index contributed by atoms with van der Waals surface area (Å²) in [6.45, 7) is 2.03. The maximum Gasteiger partial charge on any atom is 0.251 e. The molecular formula is C17H21FN4O2. The Labute approximate surface area is 139 Å². The number of hydrogen-bond donors (Lipinski definition) is 2. The molecule has 6 nitrogen and oxygen atoms in total. The van der Waals surface area contributed by atoms with Crippen molar-refractivity contribution < 1.29 is 9.18 Å². The highest BCUT2D eigenvalue weighted by Crippen LogP contribution is 2.21. The summed E-state index contributed by atoms with van der Waals surface area (Å²) >= 11 is 0. The van der Waals surface area contributed by atoms with Gasteiger partial charge in [-0.3, -0.25) is 14.5 Å². The minimum Gasteiger partial charge on any atom is -0.354 e. The summed E-state index contributed by atoms with van der Waals surface area (Å²) in [7, 11) is 3.44. The number of aryl methyl sites for hydroxylation is 1. The molecule has 7 heteroatoms. The van der Waals surface area contributed by atoms with Gasteiger partial charge in [0.15, 0.2) is 0 Å². The summed E-state index contributed by atoms with van der Waals surface area (Å²) in [6.07, 6.45) is 0.389. The van der Waals surface area contributed by atoms with Crippen LogP contribution in [0.2, 0.25) is 0 Å². The van der Waals surface area contributed by atoms with Crippen LogP contribution in [0.1, 0.15) is 23.1 Å². The first-order valence-corrected chi connectivity index (χ1v) is 7.64. The van der Waals surface area contributed by atoms with Gasteiger partial charge < -0.3 is 10.3 Å². The molecule has 0 aliphatic heterocycles. The Morgan fingerprint density at radius 1 is 1.38 bits per heavy atom. The van der Waals surface area contributed by atoms with E-state index in [0.29, 0.717) is 30.0 Å². The molecule has 0 radical (unpaired) electrons. The smallest absolute Gasteiger partial charge is 0.251 e. The molecule has 24 heavy (non-hydrogen) atoms. The molecule has 0 unspecified atom stereocenters. The molecule has 0 saturated carbocycles. The van der Waals surface area contributed by atoms with Crippen LogP contribution < -0.4 is 10.9 Å². The number of carbonyl (C=O) groups is 1. The number of carbonyl (C=O) groups excluding carboxylic acids is 1. The van der Waals surface area contributed by atoms with Gasteiger partial charge >= 0.3 is 0 Å². The maximum absolute atomic E-state index is 14.0. The van der Waals surface area contributed by atoms with Gasteiger partial charge in [0.2, 0.25) is 5.91 Å². The molecule has 1 atom stereocenters. The Morgan fingerprint density at radius 2 is 2.08 bits per heavy atom. The molecular weight excluding hydrogens is 311 g/mol. The zero-order chi connectivity index (χ0) is 17.7. The summed E-state index contributed by atoms with van der Waals surface area (Å²) in [5.41, 5.74) is 0.723. The van der Waals surface area contributed by atoms with E-state index >= 15 is 0 Å². The molecule has 1 aromatic heterocycles. The first-order chi connectivity index (χ1) is 11.4. The highest BCUT2D eigenvalue weighted by atomic mass is 19.1. The van der Waals surface area contributed by atoms with Crippen molar-refractivity contribution in [3.05, 3.63) is 63.6 Å². The monoisotopic (exact) mass is 332 g/mol. The van der Waals surface area contributed by atoms with Crippen LogP contribution in [0.15, 0.2) is 35.1 Å². The fourth-order valence-corrected chi connectivity index (χ4v) is 2.51. The zero-order valence-corrected chi connectivity index (χ0v) is 14.0. The molecule has 1 heterocycles. The fourth-order valence-electron chi connectivity index (χ4n) is 2.51. The standard InChI is InChI=1S/C17H21FN4O2/c1-11-10-15(23)21-14(20-11)8-9-19-17(24)16(22(2)3)12-6-4-5-7-13(12)18/h4-7,10,16H,8-9H2,1-3H3,(H,19,24)(H,20,21,23)/t16-/m1/s1. The molecule has 2 rings (SSSR count). The van der Waals surface area contributed by atoms with Gasteiger partial charge in [-0.25, -0.2) is 9.37 Å². The SMILES string of the molecule is Cc1cc(=O)[nH]c(CCNC(=O)[C@@H](c2ccccc2F)N(C)C)n1. The molecule has 0 aliphatic carbocycles. The summed E-state index contributed by atoms with van der Waals surface area (Å²) in [4.78, 5) is 32.3. The van der Waals surface area contributed by atoms with Crippen LogP contribution >= 0.6 is 0 Å². The molecule has 0 saturated heterocycles. The molecule has 2 N–H and O–H groups in total. The molecule has 1 amide bonds. The fraction of sp³-hybridized carbons (Fsp3) is 0.353. The average molecular weight is 332 g/mol. The quantitative estimate of drug-likeness (QED) is 0.833. The van der Waals surface area contributed by atoms with Crippen molar-refractivity contribution in [2.24, 2.45) is 0 Å². The lowest BCUT2D eigenvalue weighted by molar-refractivity contribution is -0.125. The van der Waals surface area contributed by atoms with E-state index in [1.165, 1.54) is 12.1 Å². The van der Waals surface area contributed by atoms with Crippen molar-refractivity contribution in [3.8, 4) is 0 Å². The number of benzene rings is 1. The van der Waals surface area contributed by atoms with Crippen LogP contribution in [0.4, 0.5) is 4.39 Å². The second-order valence-corrected chi connectivity index (χ2v) is 5.76. The summed E-state index contributed by atoms with van der Waals surface area (Å²) < 4.78 is 14.0. The normalized spacial score (nSPS) is 12.2. The van der Waals surface area contributed by atoms with E-state index in [9.17, 15) is 14.0 Å². The van der Waals surface area contributed by atoms with Crippen LogP contribution in [-0.4, -0.2) is 41.4 Å². The predicted molar refractivity (Wildman–Crippen MR) is 89.1 cm³/mol. The van der Waals surface area contributed by atoms with E-state index in [2.05, 4.69) is 15.3 Å². The van der Waals surface area contributed by atoms with Gasteiger partial charge in [0.25, 0.3) is 5.56 Å². The molecule has 0 spiro atoms. The number of nitrogens with zero attached hydrogens (tertiary/aromatic N) is 2. The van der Waals surface area contributed by atoms with Gasteiger partial charge in [-0.05, 0) is 27.1 Å². The van der Waals surface area contributed by atoms with Gasteiger partial charge in [-0.1, -0.05) is 18.2 Å². The minimum atomic E-state index is -0.726. The van der Waals surface area contributed by atoms with Crippen molar-refractivity contribution >= 4 is 5.91 Å². The zero-order valence-electron chi connectivity index (χ0n) is 14.0. The van der Waals surface area contributed by atoms with Gasteiger partial charge in [0, 0.05) is 30.3 Å². The number of aromatic amines is 1. The van der Waals surface area contributed by atoms with Crippen molar-refractivity contribution in [1.82, 2.24) is 20.2 Å². The minimum absolute atomic E-state index is 0.221. The second kappa shape index (κ2) is 7.83. The molecule has 1 aromatic carbocycles. The van der Waals surface area contributed by atoms with Gasteiger partial charge in [-0.15, -0.1) is 0 Å². The Morgan fingerprint density at radius 3 is 2.71 bits per heavy atom. The third-order valence-electron chi connectivity index (χ3n) is 3.54. The Balaban J connectivity index is 2.04. The van der Waals surface area contributed by atoms with E-state index in [0.717, 1.165) is 0 Å².